The number of hydrazone groups is 1. The fourth-order valence-corrected chi connectivity index (χ4v) is 2.96. The molecule has 3 aromatic rings. The van der Waals surface area contributed by atoms with Crippen molar-refractivity contribution in [2.45, 2.75) is 13.0 Å². The number of carbonyl (C=O) groups is 1. The van der Waals surface area contributed by atoms with Crippen LogP contribution in [0.4, 0.5) is 0 Å². The van der Waals surface area contributed by atoms with Crippen molar-refractivity contribution < 1.29 is 14.3 Å². The van der Waals surface area contributed by atoms with Gasteiger partial charge in [-0.3, -0.25) is 4.79 Å². The molecule has 5 heteroatoms. The van der Waals surface area contributed by atoms with Crippen LogP contribution in [0, 0.1) is 0 Å². The number of para-hydroxylation sites is 2. The summed E-state index contributed by atoms with van der Waals surface area (Å²) in [6, 6.07) is 21.4. The van der Waals surface area contributed by atoms with Crippen molar-refractivity contribution in [3.05, 3.63) is 72.3 Å². The van der Waals surface area contributed by atoms with E-state index in [0.29, 0.717) is 11.5 Å². The van der Waals surface area contributed by atoms with Crippen molar-refractivity contribution in [3.63, 3.8) is 0 Å². The van der Waals surface area contributed by atoms with Crippen LogP contribution in [-0.2, 0) is 4.79 Å². The number of carbonyl (C=O) groups excluding carboxylic acids is 1. The first-order valence-electron chi connectivity index (χ1n) is 8.43. The van der Waals surface area contributed by atoms with E-state index in [0.717, 1.165) is 22.0 Å². The van der Waals surface area contributed by atoms with Crippen LogP contribution in [0.5, 0.6) is 11.5 Å². The molecule has 5 nitrogen and oxygen atoms in total. The van der Waals surface area contributed by atoms with E-state index >= 15 is 0 Å². The Balaban J connectivity index is 1.50. The van der Waals surface area contributed by atoms with E-state index in [2.05, 4.69) is 22.7 Å². The van der Waals surface area contributed by atoms with Crippen molar-refractivity contribution >= 4 is 22.4 Å². The highest BCUT2D eigenvalue weighted by molar-refractivity contribution is 6.10. The number of rotatable bonds is 3. The summed E-state index contributed by atoms with van der Waals surface area (Å²) >= 11 is 0. The van der Waals surface area contributed by atoms with Crippen molar-refractivity contribution in [3.8, 4) is 11.5 Å². The average Bonchev–Trinajstić information content (AvgIpc) is 2.71. The number of ether oxygens (including phenoxy) is 2. The first-order chi connectivity index (χ1) is 12.7. The summed E-state index contributed by atoms with van der Waals surface area (Å²) < 4.78 is 11.3. The van der Waals surface area contributed by atoms with Gasteiger partial charge in [0.25, 0.3) is 5.91 Å². The molecule has 1 heterocycles. The molecule has 1 atom stereocenters. The lowest BCUT2D eigenvalue weighted by atomic mass is 10.0. The number of fused-ring (bicyclic) bond motifs is 2. The fourth-order valence-electron chi connectivity index (χ4n) is 2.96. The number of hydrogen-bond acceptors (Lipinski definition) is 4. The molecule has 26 heavy (non-hydrogen) atoms. The van der Waals surface area contributed by atoms with E-state index in [9.17, 15) is 4.79 Å². The summed E-state index contributed by atoms with van der Waals surface area (Å²) in [5.74, 6) is 0.875. The van der Waals surface area contributed by atoms with Gasteiger partial charge in [0.2, 0.25) is 6.10 Å². The number of benzene rings is 3. The molecule has 0 aliphatic carbocycles. The lowest BCUT2D eigenvalue weighted by Gasteiger charge is -2.24. The van der Waals surface area contributed by atoms with E-state index in [4.69, 9.17) is 9.47 Å². The summed E-state index contributed by atoms with van der Waals surface area (Å²) in [6.45, 7) is 2.03. The molecule has 130 valence electrons. The molecule has 0 bridgehead atoms. The molecule has 4 rings (SSSR count). The molecule has 0 spiro atoms. The lowest BCUT2D eigenvalue weighted by Crippen LogP contribution is -2.42. The zero-order valence-electron chi connectivity index (χ0n) is 14.3. The second-order valence-electron chi connectivity index (χ2n) is 6.06. The molecule has 1 N–H and O–H groups in total. The molecular formula is C21H18N2O3. The summed E-state index contributed by atoms with van der Waals surface area (Å²) in [5.41, 5.74) is 4.30. The monoisotopic (exact) mass is 346 g/mol. The van der Waals surface area contributed by atoms with Crippen LogP contribution in [-0.4, -0.2) is 24.3 Å². The van der Waals surface area contributed by atoms with E-state index < -0.39 is 6.10 Å². The Kier molecular flexibility index (Phi) is 4.27. The topological polar surface area (TPSA) is 59.9 Å². The standard InChI is InChI=1S/C21H18N2O3/c1-14(16-10-6-8-15-7-2-3-9-17(15)16)22-23-21(24)20-13-25-18-11-4-5-12-19(18)26-20/h2-12,20H,13H2,1H3,(H,23,24)/b22-14-/t20-/m0/s1. The molecular weight excluding hydrogens is 328 g/mol. The predicted octanol–water partition coefficient (Wildman–Crippen LogP) is 3.52. The molecule has 3 aromatic carbocycles. The smallest absolute Gasteiger partial charge is 0.284 e. The molecule has 1 amide bonds. The molecule has 0 saturated carbocycles. The Labute approximate surface area is 151 Å². The van der Waals surface area contributed by atoms with Gasteiger partial charge in [-0.1, -0.05) is 54.6 Å². The largest absolute Gasteiger partial charge is 0.485 e. The van der Waals surface area contributed by atoms with Crippen LogP contribution in [0.3, 0.4) is 0 Å². The Morgan fingerprint density at radius 2 is 1.73 bits per heavy atom. The van der Waals surface area contributed by atoms with E-state index in [1.807, 2.05) is 55.5 Å². The van der Waals surface area contributed by atoms with Gasteiger partial charge in [0, 0.05) is 5.56 Å². The minimum Gasteiger partial charge on any atom is -0.485 e. The third-order valence-corrected chi connectivity index (χ3v) is 4.31. The highest BCUT2D eigenvalue weighted by Crippen LogP contribution is 2.30. The first kappa shape index (κ1) is 16.1. The van der Waals surface area contributed by atoms with Gasteiger partial charge in [-0.25, -0.2) is 5.43 Å². The van der Waals surface area contributed by atoms with Crippen LogP contribution in [0.1, 0.15) is 12.5 Å². The predicted molar refractivity (Wildman–Crippen MR) is 101 cm³/mol. The van der Waals surface area contributed by atoms with Gasteiger partial charge in [-0.15, -0.1) is 0 Å². The highest BCUT2D eigenvalue weighted by Gasteiger charge is 2.27. The second-order valence-corrected chi connectivity index (χ2v) is 6.06. The summed E-state index contributed by atoms with van der Waals surface area (Å²) in [5, 5.41) is 6.48. The number of hydrogen-bond donors (Lipinski definition) is 1. The molecule has 0 unspecified atom stereocenters. The van der Waals surface area contributed by atoms with Gasteiger partial charge in [-0.2, -0.15) is 5.10 Å². The Bertz CT molecular complexity index is 992. The van der Waals surface area contributed by atoms with Crippen molar-refractivity contribution in [1.29, 1.82) is 0 Å². The van der Waals surface area contributed by atoms with Crippen molar-refractivity contribution in [1.82, 2.24) is 5.43 Å². The van der Waals surface area contributed by atoms with Gasteiger partial charge in [0.1, 0.15) is 6.61 Å². The van der Waals surface area contributed by atoms with Crippen LogP contribution in [0.15, 0.2) is 71.8 Å². The van der Waals surface area contributed by atoms with Crippen LogP contribution in [0.25, 0.3) is 10.8 Å². The van der Waals surface area contributed by atoms with Gasteiger partial charge in [0.15, 0.2) is 11.5 Å². The van der Waals surface area contributed by atoms with Gasteiger partial charge in [-0.05, 0) is 29.8 Å². The van der Waals surface area contributed by atoms with Crippen LogP contribution >= 0.6 is 0 Å². The Hall–Kier alpha value is -3.34. The minimum absolute atomic E-state index is 0.158. The van der Waals surface area contributed by atoms with Crippen LogP contribution in [0.2, 0.25) is 0 Å². The molecule has 0 saturated heterocycles. The SMILES string of the molecule is C/C(=N/NC(=O)[C@@H]1COc2ccccc2O1)c1cccc2ccccc12. The Morgan fingerprint density at radius 3 is 2.62 bits per heavy atom. The molecule has 1 aliphatic rings. The van der Waals surface area contributed by atoms with Gasteiger partial charge >= 0.3 is 0 Å². The average molecular weight is 346 g/mol. The number of nitrogens with zero attached hydrogens (tertiary/aromatic N) is 1. The first-order valence-corrected chi connectivity index (χ1v) is 8.43. The van der Waals surface area contributed by atoms with Gasteiger partial charge in [0.05, 0.1) is 5.71 Å². The summed E-state index contributed by atoms with van der Waals surface area (Å²) in [7, 11) is 0. The third-order valence-electron chi connectivity index (χ3n) is 4.31. The normalized spacial score (nSPS) is 16.3. The van der Waals surface area contributed by atoms with Crippen molar-refractivity contribution in [2.75, 3.05) is 6.61 Å². The molecule has 0 radical (unpaired) electrons. The maximum atomic E-state index is 12.4. The zero-order valence-corrected chi connectivity index (χ0v) is 14.3. The number of nitrogens with one attached hydrogen (secondary N) is 1. The molecule has 0 fully saturated rings. The van der Waals surface area contributed by atoms with Crippen LogP contribution < -0.4 is 14.9 Å². The lowest BCUT2D eigenvalue weighted by molar-refractivity contribution is -0.130. The molecule has 0 aromatic heterocycles. The van der Waals surface area contributed by atoms with Gasteiger partial charge < -0.3 is 9.47 Å². The third kappa shape index (κ3) is 3.11. The Morgan fingerprint density at radius 1 is 1.00 bits per heavy atom. The summed E-state index contributed by atoms with van der Waals surface area (Å²) in [4.78, 5) is 12.4. The second kappa shape index (κ2) is 6.88. The van der Waals surface area contributed by atoms with Crippen molar-refractivity contribution in [2.24, 2.45) is 5.10 Å². The quantitative estimate of drug-likeness (QED) is 0.583. The maximum absolute atomic E-state index is 12.4. The zero-order chi connectivity index (χ0) is 17.9. The van der Waals surface area contributed by atoms with E-state index in [-0.39, 0.29) is 12.5 Å². The maximum Gasteiger partial charge on any atom is 0.284 e. The highest BCUT2D eigenvalue weighted by atomic mass is 16.6. The minimum atomic E-state index is -0.728. The summed E-state index contributed by atoms with van der Waals surface area (Å²) in [6.07, 6.45) is -0.728. The van der Waals surface area contributed by atoms with E-state index in [1.54, 1.807) is 6.07 Å². The van der Waals surface area contributed by atoms with E-state index in [1.165, 1.54) is 0 Å². The number of amides is 1. The molecule has 1 aliphatic heterocycles. The fraction of sp³-hybridized carbons (Fsp3) is 0.143.